The van der Waals surface area contributed by atoms with Crippen LogP contribution in [-0.2, 0) is 9.59 Å². The minimum absolute atomic E-state index is 0.0383. The van der Waals surface area contributed by atoms with Crippen molar-refractivity contribution < 1.29 is 14.3 Å². The Morgan fingerprint density at radius 1 is 0.971 bits per heavy atom. The molecular weight excluding hydrogens is 480 g/mol. The number of anilines is 1. The van der Waals surface area contributed by atoms with Gasteiger partial charge in [0.1, 0.15) is 5.75 Å². The van der Waals surface area contributed by atoms with Crippen molar-refractivity contribution in [2.75, 3.05) is 12.0 Å². The van der Waals surface area contributed by atoms with Crippen molar-refractivity contribution in [2.24, 2.45) is 29.6 Å². The number of methoxy groups -OCH3 is 1. The lowest BCUT2D eigenvalue weighted by molar-refractivity contribution is -0.123. The molecule has 4 aliphatic rings. The molecule has 0 radical (unpaired) electrons. The Balaban J connectivity index is 1.34. The number of H-pyrrole nitrogens is 1. The molecule has 1 saturated heterocycles. The maximum absolute atomic E-state index is 13.8. The van der Waals surface area contributed by atoms with Gasteiger partial charge >= 0.3 is 4.87 Å². The first-order chi connectivity index (χ1) is 17.0. The summed E-state index contributed by atoms with van der Waals surface area (Å²) in [5, 5.41) is 1.08. The van der Waals surface area contributed by atoms with Crippen LogP contribution in [0.2, 0.25) is 0 Å². The molecule has 2 aromatic carbocycles. The Bertz CT molecular complexity index is 1430. The molecule has 178 valence electrons. The fourth-order valence-electron chi connectivity index (χ4n) is 7.24. The molecule has 7 rings (SSSR count). The average molecular weight is 505 g/mol. The monoisotopic (exact) mass is 504 g/mol. The van der Waals surface area contributed by atoms with Crippen molar-refractivity contribution in [1.82, 2.24) is 4.98 Å². The van der Waals surface area contributed by atoms with E-state index in [0.717, 1.165) is 33.2 Å². The summed E-state index contributed by atoms with van der Waals surface area (Å²) < 4.78 is 5.74. The van der Waals surface area contributed by atoms with Crippen LogP contribution in [-0.4, -0.2) is 29.2 Å². The molecule has 6 nitrogen and oxygen atoms in total. The summed E-state index contributed by atoms with van der Waals surface area (Å²) in [5.41, 5.74) is 2.81. The number of nitrogens with one attached hydrogen (secondary N) is 1. The van der Waals surface area contributed by atoms with Crippen LogP contribution in [0.15, 0.2) is 58.4 Å². The second kappa shape index (κ2) is 7.58. The van der Waals surface area contributed by atoms with Crippen LogP contribution < -0.4 is 14.5 Å². The highest BCUT2D eigenvalue weighted by Gasteiger charge is 2.69. The molecule has 1 aromatic heterocycles. The molecule has 7 atom stereocenters. The highest BCUT2D eigenvalue weighted by Crippen LogP contribution is 2.69. The van der Waals surface area contributed by atoms with Gasteiger partial charge in [0, 0.05) is 21.6 Å². The summed E-state index contributed by atoms with van der Waals surface area (Å²) in [5.74, 6) is 0.415. The predicted octanol–water partition coefficient (Wildman–Crippen LogP) is 4.43. The smallest absolute Gasteiger partial charge is 0.305 e. The van der Waals surface area contributed by atoms with Gasteiger partial charge in [0.05, 0.1) is 29.7 Å². The van der Waals surface area contributed by atoms with Gasteiger partial charge in [-0.05, 0) is 49.3 Å². The molecule has 35 heavy (non-hydrogen) atoms. The molecule has 2 bridgehead atoms. The number of nitrogens with zero attached hydrogens (tertiary/aromatic N) is 1. The lowest BCUT2D eigenvalue weighted by Crippen LogP contribution is -2.42. The minimum atomic E-state index is -0.301. The number of carbonyl (C=O) groups is 2. The standard InChI is InChI=1S/C27H24N2O4S2/c1-12-7-9-13(10-8-12)29-25(30)20-15-11-16(21(20)26(29)31)22-19(15)18(14-5-3-4-6-17(14)33-2)23-24(34-22)28-27(32)35-23/h3-10,15-16,18-22H,11H2,1-2H3,(H,28,32)/t15-,16-,18-,19+,20-,21-,22-/m1/s1. The van der Waals surface area contributed by atoms with E-state index in [1.165, 1.54) is 16.2 Å². The maximum atomic E-state index is 13.8. The summed E-state index contributed by atoms with van der Waals surface area (Å²) in [6.07, 6.45) is 0.877. The highest BCUT2D eigenvalue weighted by molar-refractivity contribution is 8.00. The summed E-state index contributed by atoms with van der Waals surface area (Å²) in [7, 11) is 1.67. The number of aryl methyl sites for hydroxylation is 1. The number of imide groups is 1. The number of ether oxygens (including phenoxy) is 1. The summed E-state index contributed by atoms with van der Waals surface area (Å²) in [6.45, 7) is 2.00. The van der Waals surface area contributed by atoms with E-state index in [1.807, 2.05) is 49.4 Å². The number of benzene rings is 2. The molecule has 2 saturated carbocycles. The first-order valence-electron chi connectivity index (χ1n) is 11.9. The second-order valence-electron chi connectivity index (χ2n) is 10.0. The van der Waals surface area contributed by atoms with Crippen LogP contribution in [0.3, 0.4) is 0 Å². The lowest BCUT2D eigenvalue weighted by Gasteiger charge is -2.43. The summed E-state index contributed by atoms with van der Waals surface area (Å²) in [6, 6.07) is 15.6. The molecule has 3 heterocycles. The number of aromatic nitrogens is 1. The topological polar surface area (TPSA) is 79.5 Å². The van der Waals surface area contributed by atoms with Gasteiger partial charge in [-0.1, -0.05) is 47.2 Å². The van der Waals surface area contributed by atoms with Crippen LogP contribution in [0.4, 0.5) is 5.69 Å². The third kappa shape index (κ3) is 2.87. The number of hydrogen-bond acceptors (Lipinski definition) is 6. The van der Waals surface area contributed by atoms with Gasteiger partial charge in [-0.15, -0.1) is 11.8 Å². The van der Waals surface area contributed by atoms with Gasteiger partial charge in [-0.25, -0.2) is 0 Å². The third-order valence-electron chi connectivity index (χ3n) is 8.49. The maximum Gasteiger partial charge on any atom is 0.305 e. The van der Waals surface area contributed by atoms with Crippen LogP contribution in [0, 0.1) is 36.5 Å². The van der Waals surface area contributed by atoms with Crippen molar-refractivity contribution in [1.29, 1.82) is 0 Å². The Hall–Kier alpha value is -2.84. The predicted molar refractivity (Wildman–Crippen MR) is 135 cm³/mol. The second-order valence-corrected chi connectivity index (χ2v) is 12.3. The number of thioether (sulfide) groups is 1. The zero-order chi connectivity index (χ0) is 24.0. The molecule has 8 heteroatoms. The van der Waals surface area contributed by atoms with E-state index in [4.69, 9.17) is 4.74 Å². The number of thiazole rings is 1. The Morgan fingerprint density at radius 3 is 2.43 bits per heavy atom. The average Bonchev–Trinajstić information content (AvgIpc) is 3.59. The van der Waals surface area contributed by atoms with E-state index in [9.17, 15) is 14.4 Å². The molecule has 0 spiro atoms. The normalized spacial score (nSPS) is 32.5. The Labute approximate surface area is 210 Å². The number of para-hydroxylation sites is 1. The van der Waals surface area contributed by atoms with E-state index >= 15 is 0 Å². The van der Waals surface area contributed by atoms with E-state index in [1.54, 1.807) is 18.9 Å². The van der Waals surface area contributed by atoms with Gasteiger partial charge < -0.3 is 9.72 Å². The van der Waals surface area contributed by atoms with Crippen molar-refractivity contribution in [3.63, 3.8) is 0 Å². The SMILES string of the molecule is COc1ccccc1[C@H]1c2sc(=O)[nH]c2S[C@@H]2[C@@H]3C[C@@H]([C@H]4C(=O)N(c5ccc(C)cc5)C(=O)[C@H]34)[C@@H]12. The molecule has 3 fully saturated rings. The fraction of sp³-hybridized carbons (Fsp3) is 0.370. The number of fused-ring (bicyclic) bond motifs is 9. The number of carbonyl (C=O) groups excluding carboxylic acids is 2. The summed E-state index contributed by atoms with van der Waals surface area (Å²) in [4.78, 5) is 45.3. The molecular formula is C27H24N2O4S2. The molecule has 2 aliphatic carbocycles. The van der Waals surface area contributed by atoms with Gasteiger partial charge in [0.15, 0.2) is 0 Å². The summed E-state index contributed by atoms with van der Waals surface area (Å²) >= 11 is 2.97. The fourth-order valence-corrected chi connectivity index (χ4v) is 10.1. The third-order valence-corrected chi connectivity index (χ3v) is 11.1. The molecule has 1 N–H and O–H groups in total. The first-order valence-corrected chi connectivity index (χ1v) is 13.6. The van der Waals surface area contributed by atoms with Crippen LogP contribution in [0.1, 0.15) is 28.3 Å². The van der Waals surface area contributed by atoms with Crippen molar-refractivity contribution in [3.05, 3.63) is 74.2 Å². The first kappa shape index (κ1) is 21.4. The quantitative estimate of drug-likeness (QED) is 0.534. The molecule has 2 amide bonds. The van der Waals surface area contributed by atoms with Crippen LogP contribution in [0.5, 0.6) is 5.75 Å². The van der Waals surface area contributed by atoms with E-state index in [-0.39, 0.29) is 57.4 Å². The molecule has 3 aromatic rings. The van der Waals surface area contributed by atoms with Crippen molar-refractivity contribution in [3.8, 4) is 5.75 Å². The van der Waals surface area contributed by atoms with Crippen molar-refractivity contribution in [2.45, 2.75) is 29.5 Å². The van der Waals surface area contributed by atoms with Crippen LogP contribution >= 0.6 is 23.1 Å². The molecule has 0 unspecified atom stereocenters. The number of hydrogen-bond donors (Lipinski definition) is 1. The Kier molecular flexibility index (Phi) is 4.64. The van der Waals surface area contributed by atoms with Crippen LogP contribution in [0.25, 0.3) is 0 Å². The minimum Gasteiger partial charge on any atom is -0.496 e. The number of rotatable bonds is 3. The van der Waals surface area contributed by atoms with E-state index in [2.05, 4.69) is 11.1 Å². The molecule has 2 aliphatic heterocycles. The van der Waals surface area contributed by atoms with E-state index in [0.29, 0.717) is 5.69 Å². The number of aromatic amines is 1. The van der Waals surface area contributed by atoms with Gasteiger partial charge in [-0.2, -0.15) is 0 Å². The lowest BCUT2D eigenvalue weighted by atomic mass is 9.68. The van der Waals surface area contributed by atoms with E-state index < -0.39 is 0 Å². The highest BCUT2D eigenvalue weighted by atomic mass is 32.2. The van der Waals surface area contributed by atoms with Gasteiger partial charge in [-0.3, -0.25) is 19.3 Å². The van der Waals surface area contributed by atoms with Crippen molar-refractivity contribution >= 4 is 40.6 Å². The van der Waals surface area contributed by atoms with Gasteiger partial charge in [0.2, 0.25) is 11.8 Å². The number of amides is 2. The zero-order valence-corrected chi connectivity index (χ0v) is 20.9. The largest absolute Gasteiger partial charge is 0.496 e. The Morgan fingerprint density at radius 2 is 1.69 bits per heavy atom. The van der Waals surface area contributed by atoms with Gasteiger partial charge in [0.25, 0.3) is 0 Å². The zero-order valence-electron chi connectivity index (χ0n) is 19.3.